The average molecular weight is 340 g/mol. The second-order valence-electron chi connectivity index (χ2n) is 5.36. The third-order valence-corrected chi connectivity index (χ3v) is 4.79. The fraction of sp³-hybridized carbons (Fsp3) is 0.0556. The molecule has 24 heavy (non-hydrogen) atoms. The van der Waals surface area contributed by atoms with Crippen LogP contribution in [0.25, 0.3) is 10.4 Å². The van der Waals surface area contributed by atoms with Gasteiger partial charge in [-0.15, -0.1) is 11.3 Å². The lowest BCUT2D eigenvalue weighted by molar-refractivity contribution is 0.0997. The summed E-state index contributed by atoms with van der Waals surface area (Å²) in [7, 11) is -1.56. The number of hydrogen-bond acceptors (Lipinski definition) is 4. The summed E-state index contributed by atoms with van der Waals surface area (Å²) in [5.41, 5.74) is 1.52. The van der Waals surface area contributed by atoms with Crippen LogP contribution >= 0.6 is 11.3 Å². The Kier molecular flexibility index (Phi) is 4.90. The highest BCUT2D eigenvalue weighted by molar-refractivity contribution is 7.17. The number of rotatable bonds is 5. The van der Waals surface area contributed by atoms with Crippen LogP contribution in [0, 0.1) is 5.82 Å². The summed E-state index contributed by atoms with van der Waals surface area (Å²) in [6, 6.07) is 16.5. The maximum atomic E-state index is 13.8. The minimum atomic E-state index is -1.56. The van der Waals surface area contributed by atoms with Crippen molar-refractivity contribution in [3.63, 3.8) is 0 Å². The van der Waals surface area contributed by atoms with Gasteiger partial charge < -0.3 is 10.0 Å². The monoisotopic (exact) mass is 340 g/mol. The highest BCUT2D eigenvalue weighted by Gasteiger charge is 2.15. The largest absolute Gasteiger partial charge is 0.488 e. The molecule has 3 nitrogen and oxygen atoms in total. The van der Waals surface area contributed by atoms with Crippen LogP contribution in [0.5, 0.6) is 0 Å². The molecule has 0 saturated carbocycles. The molecule has 2 aromatic carbocycles. The molecule has 0 fully saturated rings. The van der Waals surface area contributed by atoms with E-state index in [0.717, 1.165) is 0 Å². The molecule has 1 aromatic heterocycles. The first-order chi connectivity index (χ1) is 11.5. The summed E-state index contributed by atoms with van der Waals surface area (Å²) in [5, 5.41) is 18.4. The van der Waals surface area contributed by atoms with Crippen molar-refractivity contribution >= 4 is 29.7 Å². The zero-order chi connectivity index (χ0) is 17.1. The number of carbonyl (C=O) groups excluding carboxylic acids is 1. The van der Waals surface area contributed by atoms with E-state index in [2.05, 4.69) is 0 Å². The van der Waals surface area contributed by atoms with Gasteiger partial charge in [0.2, 0.25) is 0 Å². The maximum Gasteiger partial charge on any atom is 0.488 e. The number of halogens is 1. The van der Waals surface area contributed by atoms with Crippen LogP contribution in [0.15, 0.2) is 60.7 Å². The predicted octanol–water partition coefficient (Wildman–Crippen LogP) is 2.66. The van der Waals surface area contributed by atoms with E-state index in [1.165, 1.54) is 17.4 Å². The molecular formula is C18H14BFO3S. The number of hydrogen-bond donors (Lipinski definition) is 2. The minimum absolute atomic E-state index is 0.0906. The minimum Gasteiger partial charge on any atom is -0.423 e. The molecule has 0 aliphatic heterocycles. The number of carbonyl (C=O) groups is 1. The van der Waals surface area contributed by atoms with Crippen molar-refractivity contribution in [3.05, 3.63) is 76.9 Å². The molecule has 3 rings (SSSR count). The van der Waals surface area contributed by atoms with E-state index in [9.17, 15) is 19.2 Å². The first kappa shape index (κ1) is 16.6. The lowest BCUT2D eigenvalue weighted by atomic mass is 9.79. The quantitative estimate of drug-likeness (QED) is 0.555. The Bertz CT molecular complexity index is 876. The molecule has 2 N–H and O–H groups in total. The Morgan fingerprint density at radius 3 is 2.58 bits per heavy atom. The van der Waals surface area contributed by atoms with Crippen LogP contribution < -0.4 is 5.46 Å². The van der Waals surface area contributed by atoms with E-state index < -0.39 is 7.12 Å². The third-order valence-electron chi connectivity index (χ3n) is 3.63. The Labute approximate surface area is 143 Å². The maximum absolute atomic E-state index is 13.8. The molecule has 1 heterocycles. The van der Waals surface area contributed by atoms with Crippen LogP contribution in [0.3, 0.4) is 0 Å². The number of thiophene rings is 1. The van der Waals surface area contributed by atoms with Gasteiger partial charge in [-0.3, -0.25) is 4.79 Å². The zero-order valence-electron chi connectivity index (χ0n) is 12.6. The number of benzene rings is 2. The molecule has 6 heteroatoms. The standard InChI is InChI=1S/C18H14BFO3S/c20-15-7-2-1-6-14(15)17-8-9-18(24-17)16(21)11-12-4-3-5-13(10-12)19(22)23/h1-10,22-23H,11H2. The summed E-state index contributed by atoms with van der Waals surface area (Å²) in [6.45, 7) is 0. The van der Waals surface area contributed by atoms with E-state index in [1.807, 2.05) is 0 Å². The SMILES string of the molecule is O=C(Cc1cccc(B(O)O)c1)c1ccc(-c2ccccc2F)s1. The van der Waals surface area contributed by atoms with Crippen molar-refractivity contribution in [3.8, 4) is 10.4 Å². The molecule has 0 radical (unpaired) electrons. The van der Waals surface area contributed by atoms with Crippen molar-refractivity contribution in [1.82, 2.24) is 0 Å². The molecule has 0 aliphatic carbocycles. The van der Waals surface area contributed by atoms with Crippen molar-refractivity contribution in [2.45, 2.75) is 6.42 Å². The second kappa shape index (κ2) is 7.09. The molecule has 0 bridgehead atoms. The average Bonchev–Trinajstić information content (AvgIpc) is 3.05. The Morgan fingerprint density at radius 2 is 1.83 bits per heavy atom. The molecule has 0 amide bonds. The Morgan fingerprint density at radius 1 is 1.04 bits per heavy atom. The molecular weight excluding hydrogens is 326 g/mol. The van der Waals surface area contributed by atoms with Crippen molar-refractivity contribution in [2.75, 3.05) is 0 Å². The normalized spacial score (nSPS) is 10.6. The predicted molar refractivity (Wildman–Crippen MR) is 94.0 cm³/mol. The second-order valence-corrected chi connectivity index (χ2v) is 6.45. The number of Topliss-reactive ketones (excluding diaryl/α,β-unsaturated/α-hetero) is 1. The van der Waals surface area contributed by atoms with Gasteiger partial charge in [0.1, 0.15) is 5.82 Å². The van der Waals surface area contributed by atoms with Gasteiger partial charge >= 0.3 is 7.12 Å². The lowest BCUT2D eigenvalue weighted by Gasteiger charge is -2.03. The van der Waals surface area contributed by atoms with E-state index in [0.29, 0.717) is 26.3 Å². The van der Waals surface area contributed by atoms with Crippen molar-refractivity contribution < 1.29 is 19.2 Å². The van der Waals surface area contributed by atoms with Gasteiger partial charge in [0.05, 0.1) is 4.88 Å². The van der Waals surface area contributed by atoms with Crippen LogP contribution in [0.2, 0.25) is 0 Å². The third kappa shape index (κ3) is 3.62. The molecule has 0 saturated heterocycles. The molecule has 120 valence electrons. The van der Waals surface area contributed by atoms with Crippen LogP contribution in [-0.4, -0.2) is 22.9 Å². The van der Waals surface area contributed by atoms with E-state index >= 15 is 0 Å². The van der Waals surface area contributed by atoms with Crippen LogP contribution in [-0.2, 0) is 6.42 Å². The summed E-state index contributed by atoms with van der Waals surface area (Å²) in [5.74, 6) is -0.407. The molecule has 0 aliphatic rings. The summed E-state index contributed by atoms with van der Waals surface area (Å²) >= 11 is 1.25. The fourth-order valence-electron chi connectivity index (χ4n) is 2.43. The van der Waals surface area contributed by atoms with Gasteiger partial charge in [-0.1, -0.05) is 42.5 Å². The van der Waals surface area contributed by atoms with Gasteiger partial charge in [0.25, 0.3) is 0 Å². The van der Waals surface area contributed by atoms with E-state index in [1.54, 1.807) is 54.6 Å². The van der Waals surface area contributed by atoms with Crippen molar-refractivity contribution in [1.29, 1.82) is 0 Å². The van der Waals surface area contributed by atoms with Gasteiger partial charge in [-0.05, 0) is 29.2 Å². The molecule has 0 spiro atoms. The first-order valence-corrected chi connectivity index (χ1v) is 8.19. The molecule has 3 aromatic rings. The van der Waals surface area contributed by atoms with Crippen molar-refractivity contribution in [2.24, 2.45) is 0 Å². The first-order valence-electron chi connectivity index (χ1n) is 7.37. The van der Waals surface area contributed by atoms with Crippen LogP contribution in [0.4, 0.5) is 4.39 Å². The molecule has 0 atom stereocenters. The lowest BCUT2D eigenvalue weighted by Crippen LogP contribution is -2.30. The Hall–Kier alpha value is -2.28. The smallest absolute Gasteiger partial charge is 0.423 e. The van der Waals surface area contributed by atoms with Gasteiger partial charge in [-0.25, -0.2) is 4.39 Å². The fourth-order valence-corrected chi connectivity index (χ4v) is 3.40. The summed E-state index contributed by atoms with van der Waals surface area (Å²) in [6.07, 6.45) is 0.151. The number of ketones is 1. The summed E-state index contributed by atoms with van der Waals surface area (Å²) < 4.78 is 13.8. The highest BCUT2D eigenvalue weighted by atomic mass is 32.1. The summed E-state index contributed by atoms with van der Waals surface area (Å²) in [4.78, 5) is 13.7. The topological polar surface area (TPSA) is 57.5 Å². The van der Waals surface area contributed by atoms with Gasteiger partial charge in [-0.2, -0.15) is 0 Å². The van der Waals surface area contributed by atoms with E-state index in [-0.39, 0.29) is 18.0 Å². The van der Waals surface area contributed by atoms with Crippen LogP contribution in [0.1, 0.15) is 15.2 Å². The van der Waals surface area contributed by atoms with Gasteiger partial charge in [0, 0.05) is 16.9 Å². The van der Waals surface area contributed by atoms with E-state index in [4.69, 9.17) is 0 Å². The molecule has 0 unspecified atom stereocenters. The van der Waals surface area contributed by atoms with Gasteiger partial charge in [0.15, 0.2) is 5.78 Å². The highest BCUT2D eigenvalue weighted by Crippen LogP contribution is 2.30. The Balaban J connectivity index is 1.79. The zero-order valence-corrected chi connectivity index (χ0v) is 13.5.